The molecule has 100 valence electrons. The summed E-state index contributed by atoms with van der Waals surface area (Å²) in [6.07, 6.45) is 6.51. The van der Waals surface area contributed by atoms with Crippen LogP contribution in [0.3, 0.4) is 0 Å². The van der Waals surface area contributed by atoms with Crippen LogP contribution in [-0.2, 0) is 6.54 Å². The topological polar surface area (TPSA) is 93.8 Å². The zero-order valence-corrected chi connectivity index (χ0v) is 11.2. The molecule has 6 nitrogen and oxygen atoms in total. The Balaban J connectivity index is 1.81. The third-order valence-corrected chi connectivity index (χ3v) is 3.87. The van der Waals surface area contributed by atoms with Crippen LogP contribution in [0, 0.1) is 0 Å². The van der Waals surface area contributed by atoms with Crippen LogP contribution in [0.1, 0.15) is 15.2 Å². The van der Waals surface area contributed by atoms with Crippen molar-refractivity contribution in [3.8, 4) is 0 Å². The molecule has 0 radical (unpaired) electrons. The van der Waals surface area contributed by atoms with Crippen molar-refractivity contribution in [1.82, 2.24) is 20.3 Å². The van der Waals surface area contributed by atoms with Crippen LogP contribution in [0.15, 0.2) is 36.9 Å². The maximum absolute atomic E-state index is 12.2. The van der Waals surface area contributed by atoms with Gasteiger partial charge in [-0.2, -0.15) is 0 Å². The van der Waals surface area contributed by atoms with E-state index < -0.39 is 0 Å². The molecular formula is C13H11N5OS. The van der Waals surface area contributed by atoms with Crippen LogP contribution < -0.4 is 11.1 Å². The minimum atomic E-state index is -0.218. The number of hydrogen-bond donors (Lipinski definition) is 2. The van der Waals surface area contributed by atoms with E-state index in [1.165, 1.54) is 11.3 Å². The molecule has 3 aromatic rings. The van der Waals surface area contributed by atoms with E-state index in [0.29, 0.717) is 27.5 Å². The summed E-state index contributed by atoms with van der Waals surface area (Å²) in [4.78, 5) is 25.5. The maximum Gasteiger partial charge on any atom is 0.263 e. The molecule has 0 aliphatic heterocycles. The first kappa shape index (κ1) is 12.5. The van der Waals surface area contributed by atoms with E-state index in [0.717, 1.165) is 5.56 Å². The molecule has 20 heavy (non-hydrogen) atoms. The summed E-state index contributed by atoms with van der Waals surface area (Å²) in [5, 5.41) is 2.83. The molecule has 0 fully saturated rings. The molecular weight excluding hydrogens is 274 g/mol. The monoisotopic (exact) mass is 285 g/mol. The van der Waals surface area contributed by atoms with Gasteiger partial charge in [0.15, 0.2) is 0 Å². The van der Waals surface area contributed by atoms with Crippen molar-refractivity contribution < 1.29 is 4.79 Å². The summed E-state index contributed by atoms with van der Waals surface area (Å²) >= 11 is 1.24. The summed E-state index contributed by atoms with van der Waals surface area (Å²) in [7, 11) is 0. The number of thiophene rings is 1. The molecule has 1 amide bonds. The highest BCUT2D eigenvalue weighted by Gasteiger charge is 2.17. The van der Waals surface area contributed by atoms with Crippen LogP contribution in [0.25, 0.3) is 10.3 Å². The molecule has 0 aliphatic rings. The van der Waals surface area contributed by atoms with Gasteiger partial charge in [0, 0.05) is 31.3 Å². The molecule has 3 aromatic heterocycles. The number of nitrogens with one attached hydrogen (secondary N) is 1. The first-order valence-corrected chi connectivity index (χ1v) is 6.73. The van der Waals surface area contributed by atoms with Crippen molar-refractivity contribution in [2.45, 2.75) is 6.54 Å². The number of pyridine rings is 1. The summed E-state index contributed by atoms with van der Waals surface area (Å²) in [6.45, 7) is 0.426. The summed E-state index contributed by atoms with van der Waals surface area (Å²) in [6, 6.07) is 3.69. The largest absolute Gasteiger partial charge is 0.396 e. The summed E-state index contributed by atoms with van der Waals surface area (Å²) < 4.78 is 0. The smallest absolute Gasteiger partial charge is 0.263 e. The number of nitrogens with two attached hydrogens (primary N) is 1. The Morgan fingerprint density at radius 1 is 1.20 bits per heavy atom. The number of anilines is 1. The Labute approximate surface area is 118 Å². The van der Waals surface area contributed by atoms with E-state index in [1.807, 2.05) is 12.1 Å². The fourth-order valence-corrected chi connectivity index (χ4v) is 2.71. The molecule has 0 bridgehead atoms. The van der Waals surface area contributed by atoms with Crippen molar-refractivity contribution in [3.63, 3.8) is 0 Å². The highest BCUT2D eigenvalue weighted by Crippen LogP contribution is 2.30. The molecule has 0 saturated carbocycles. The molecule has 3 heterocycles. The van der Waals surface area contributed by atoms with Crippen LogP contribution in [0.5, 0.6) is 0 Å². The highest BCUT2D eigenvalue weighted by molar-refractivity contribution is 7.21. The van der Waals surface area contributed by atoms with Gasteiger partial charge in [0.05, 0.1) is 5.69 Å². The molecule has 0 aromatic carbocycles. The second kappa shape index (κ2) is 5.22. The van der Waals surface area contributed by atoms with Gasteiger partial charge in [0.1, 0.15) is 15.2 Å². The minimum Gasteiger partial charge on any atom is -0.396 e. The minimum absolute atomic E-state index is 0.218. The quantitative estimate of drug-likeness (QED) is 0.762. The van der Waals surface area contributed by atoms with Crippen LogP contribution in [0.4, 0.5) is 5.69 Å². The number of nitrogen functional groups attached to an aromatic ring is 1. The van der Waals surface area contributed by atoms with Crippen LogP contribution in [-0.4, -0.2) is 20.9 Å². The molecule has 0 atom stereocenters. The Morgan fingerprint density at radius 3 is 2.70 bits per heavy atom. The Bertz CT molecular complexity index is 756. The van der Waals surface area contributed by atoms with E-state index in [2.05, 4.69) is 20.3 Å². The zero-order valence-electron chi connectivity index (χ0n) is 10.4. The van der Waals surface area contributed by atoms with E-state index in [-0.39, 0.29) is 5.91 Å². The lowest BCUT2D eigenvalue weighted by Gasteiger charge is -2.03. The van der Waals surface area contributed by atoms with Crippen molar-refractivity contribution in [2.75, 3.05) is 5.73 Å². The van der Waals surface area contributed by atoms with E-state index in [1.54, 1.807) is 24.8 Å². The van der Waals surface area contributed by atoms with Gasteiger partial charge in [0.2, 0.25) is 0 Å². The van der Waals surface area contributed by atoms with Crippen LogP contribution >= 0.6 is 11.3 Å². The third kappa shape index (κ3) is 2.30. The van der Waals surface area contributed by atoms with Gasteiger partial charge in [0.25, 0.3) is 5.91 Å². The Morgan fingerprint density at radius 2 is 1.95 bits per heavy atom. The number of aromatic nitrogens is 3. The molecule has 7 heteroatoms. The Hall–Kier alpha value is -2.54. The fraction of sp³-hybridized carbons (Fsp3) is 0.0769. The lowest BCUT2D eigenvalue weighted by atomic mass is 10.2. The third-order valence-electron chi connectivity index (χ3n) is 2.77. The second-order valence-corrected chi connectivity index (χ2v) is 5.09. The molecule has 0 saturated heterocycles. The molecule has 0 aliphatic carbocycles. The number of fused-ring (bicyclic) bond motifs is 1. The number of carbonyl (C=O) groups is 1. The van der Waals surface area contributed by atoms with Gasteiger partial charge in [-0.1, -0.05) is 0 Å². The van der Waals surface area contributed by atoms with Gasteiger partial charge >= 0.3 is 0 Å². The molecule has 3 rings (SSSR count). The van der Waals surface area contributed by atoms with Crippen molar-refractivity contribution in [2.24, 2.45) is 0 Å². The van der Waals surface area contributed by atoms with Crippen LogP contribution in [0.2, 0.25) is 0 Å². The van der Waals surface area contributed by atoms with Gasteiger partial charge < -0.3 is 11.1 Å². The number of amides is 1. The predicted molar refractivity (Wildman–Crippen MR) is 77.2 cm³/mol. The lowest BCUT2D eigenvalue weighted by Crippen LogP contribution is -2.22. The summed E-state index contributed by atoms with van der Waals surface area (Å²) in [5.41, 5.74) is 7.88. The molecule has 0 unspecified atom stereocenters. The van der Waals surface area contributed by atoms with Gasteiger partial charge in [-0.25, -0.2) is 9.97 Å². The maximum atomic E-state index is 12.2. The predicted octanol–water partition coefficient (Wildman–Crippen LogP) is 1.60. The first-order chi connectivity index (χ1) is 9.75. The van der Waals surface area contributed by atoms with Gasteiger partial charge in [-0.15, -0.1) is 11.3 Å². The average Bonchev–Trinajstić information content (AvgIpc) is 2.84. The average molecular weight is 285 g/mol. The molecule has 0 spiro atoms. The van der Waals surface area contributed by atoms with Crippen molar-refractivity contribution in [3.05, 3.63) is 47.4 Å². The Kier molecular flexibility index (Phi) is 3.26. The molecule has 3 N–H and O–H groups in total. The number of rotatable bonds is 3. The highest BCUT2D eigenvalue weighted by atomic mass is 32.1. The zero-order chi connectivity index (χ0) is 13.9. The number of hydrogen-bond acceptors (Lipinski definition) is 6. The van der Waals surface area contributed by atoms with E-state index in [9.17, 15) is 4.79 Å². The normalized spacial score (nSPS) is 10.6. The number of carbonyl (C=O) groups excluding carboxylic acids is 1. The fourth-order valence-electron chi connectivity index (χ4n) is 1.78. The van der Waals surface area contributed by atoms with Crippen molar-refractivity contribution >= 4 is 33.3 Å². The first-order valence-electron chi connectivity index (χ1n) is 5.92. The standard InChI is InChI=1S/C13H11N5OS/c14-9-10-13(17-6-5-16-10)20-11(9)12(19)18-7-8-1-3-15-4-2-8/h1-6H,7,14H2,(H,18,19). The lowest BCUT2D eigenvalue weighted by molar-refractivity contribution is 0.0956. The van der Waals surface area contributed by atoms with Crippen molar-refractivity contribution in [1.29, 1.82) is 0 Å². The van der Waals surface area contributed by atoms with Gasteiger partial charge in [-0.3, -0.25) is 9.78 Å². The van der Waals surface area contributed by atoms with E-state index >= 15 is 0 Å². The number of nitrogens with zero attached hydrogens (tertiary/aromatic N) is 3. The second-order valence-electron chi connectivity index (χ2n) is 4.09. The summed E-state index contributed by atoms with van der Waals surface area (Å²) in [5.74, 6) is -0.218. The van der Waals surface area contributed by atoms with Gasteiger partial charge in [-0.05, 0) is 17.7 Å². The van der Waals surface area contributed by atoms with E-state index in [4.69, 9.17) is 5.73 Å². The SMILES string of the molecule is Nc1c(C(=O)NCc2ccncc2)sc2nccnc12.